The first-order valence-corrected chi connectivity index (χ1v) is 7.05. The number of rotatable bonds is 3. The van der Waals surface area contributed by atoms with Crippen molar-refractivity contribution in [1.82, 2.24) is 15.2 Å². The number of amides is 1. The molecule has 3 aromatic rings. The molecule has 0 spiro atoms. The fourth-order valence-electron chi connectivity index (χ4n) is 1.89. The van der Waals surface area contributed by atoms with Crippen LogP contribution in [0.25, 0.3) is 11.3 Å². The van der Waals surface area contributed by atoms with Crippen molar-refractivity contribution in [3.63, 3.8) is 0 Å². The number of nitrogens with zero attached hydrogens (tertiary/aromatic N) is 2. The van der Waals surface area contributed by atoms with E-state index in [1.54, 1.807) is 24.5 Å². The number of hydrogen-bond acceptors (Lipinski definition) is 3. The van der Waals surface area contributed by atoms with Crippen molar-refractivity contribution in [2.45, 2.75) is 0 Å². The van der Waals surface area contributed by atoms with E-state index in [-0.39, 0.29) is 5.91 Å². The number of pyridine rings is 1. The molecule has 1 aromatic carbocycles. The standard InChI is InChI=1S/C15H11BrN4O/c16-12-4-2-1-3-11(12)15(21)18-14-9-13(19-20-14)10-5-7-17-8-6-10/h1-9H,(H2,18,19,20,21). The van der Waals surface area contributed by atoms with E-state index >= 15 is 0 Å². The van der Waals surface area contributed by atoms with E-state index in [2.05, 4.69) is 36.4 Å². The van der Waals surface area contributed by atoms with Crippen molar-refractivity contribution in [3.8, 4) is 11.3 Å². The van der Waals surface area contributed by atoms with Gasteiger partial charge in [-0.1, -0.05) is 12.1 Å². The molecule has 0 saturated heterocycles. The average Bonchev–Trinajstić information content (AvgIpc) is 2.97. The number of hydrogen-bond donors (Lipinski definition) is 2. The third kappa shape index (κ3) is 3.00. The number of aromatic nitrogens is 3. The van der Waals surface area contributed by atoms with Crippen molar-refractivity contribution in [2.75, 3.05) is 5.32 Å². The second-order valence-corrected chi connectivity index (χ2v) is 5.19. The van der Waals surface area contributed by atoms with Gasteiger partial charge in [0.15, 0.2) is 5.82 Å². The zero-order valence-electron chi connectivity index (χ0n) is 10.9. The number of H-pyrrole nitrogens is 1. The summed E-state index contributed by atoms with van der Waals surface area (Å²) in [5, 5.41) is 9.75. The van der Waals surface area contributed by atoms with Gasteiger partial charge in [-0.2, -0.15) is 5.10 Å². The number of anilines is 1. The van der Waals surface area contributed by atoms with Crippen LogP contribution in [0.15, 0.2) is 59.3 Å². The van der Waals surface area contributed by atoms with Gasteiger partial charge >= 0.3 is 0 Å². The molecular weight excluding hydrogens is 332 g/mol. The Kier molecular flexibility index (Phi) is 3.79. The van der Waals surface area contributed by atoms with Crippen molar-refractivity contribution in [2.24, 2.45) is 0 Å². The second kappa shape index (κ2) is 5.88. The van der Waals surface area contributed by atoms with Crippen LogP contribution in [0.5, 0.6) is 0 Å². The summed E-state index contributed by atoms with van der Waals surface area (Å²) in [6, 6.07) is 12.8. The molecule has 0 aliphatic heterocycles. The normalized spacial score (nSPS) is 10.3. The van der Waals surface area contributed by atoms with E-state index in [1.807, 2.05) is 30.3 Å². The monoisotopic (exact) mass is 342 g/mol. The molecule has 0 fully saturated rings. The molecule has 0 aliphatic rings. The Balaban J connectivity index is 1.79. The summed E-state index contributed by atoms with van der Waals surface area (Å²) in [5.74, 6) is 0.262. The van der Waals surface area contributed by atoms with Gasteiger partial charge in [-0.3, -0.25) is 14.9 Å². The summed E-state index contributed by atoms with van der Waals surface area (Å²) < 4.78 is 0.743. The van der Waals surface area contributed by atoms with Gasteiger partial charge in [0.05, 0.1) is 11.3 Å². The summed E-state index contributed by atoms with van der Waals surface area (Å²) in [6.45, 7) is 0. The smallest absolute Gasteiger partial charge is 0.258 e. The number of halogens is 1. The Morgan fingerprint density at radius 3 is 2.67 bits per heavy atom. The van der Waals surface area contributed by atoms with Crippen LogP contribution < -0.4 is 5.32 Å². The maximum atomic E-state index is 12.2. The number of nitrogens with one attached hydrogen (secondary N) is 2. The molecule has 0 saturated carbocycles. The van der Waals surface area contributed by atoms with Gasteiger partial charge in [-0.25, -0.2) is 0 Å². The third-order valence-corrected chi connectivity index (χ3v) is 3.62. The second-order valence-electron chi connectivity index (χ2n) is 4.34. The van der Waals surface area contributed by atoms with Crippen LogP contribution in [0.4, 0.5) is 5.82 Å². The maximum Gasteiger partial charge on any atom is 0.258 e. The van der Waals surface area contributed by atoms with E-state index in [9.17, 15) is 4.79 Å². The van der Waals surface area contributed by atoms with Crippen molar-refractivity contribution >= 4 is 27.7 Å². The zero-order chi connectivity index (χ0) is 14.7. The van der Waals surface area contributed by atoms with E-state index in [4.69, 9.17) is 0 Å². The SMILES string of the molecule is O=C(Nc1cc(-c2ccncc2)[nH]n1)c1ccccc1Br. The molecule has 0 unspecified atom stereocenters. The van der Waals surface area contributed by atoms with E-state index in [0.29, 0.717) is 11.4 Å². The summed E-state index contributed by atoms with van der Waals surface area (Å²) in [5.41, 5.74) is 2.34. The highest BCUT2D eigenvalue weighted by Gasteiger charge is 2.11. The lowest BCUT2D eigenvalue weighted by Gasteiger charge is -2.03. The number of benzene rings is 1. The van der Waals surface area contributed by atoms with Crippen LogP contribution in [0, 0.1) is 0 Å². The van der Waals surface area contributed by atoms with Crippen LogP contribution >= 0.6 is 15.9 Å². The fourth-order valence-corrected chi connectivity index (χ4v) is 2.36. The lowest BCUT2D eigenvalue weighted by molar-refractivity contribution is 0.102. The molecule has 104 valence electrons. The van der Waals surface area contributed by atoms with Gasteiger partial charge < -0.3 is 5.32 Å². The lowest BCUT2D eigenvalue weighted by atomic mass is 10.2. The van der Waals surface area contributed by atoms with Crippen LogP contribution in [-0.4, -0.2) is 21.1 Å². The lowest BCUT2D eigenvalue weighted by Crippen LogP contribution is -2.12. The fraction of sp³-hybridized carbons (Fsp3) is 0. The molecule has 2 heterocycles. The molecular formula is C15H11BrN4O. The Bertz CT molecular complexity index is 770. The van der Waals surface area contributed by atoms with Crippen LogP contribution in [0.3, 0.4) is 0 Å². The first kappa shape index (κ1) is 13.5. The molecule has 0 atom stereocenters. The Morgan fingerprint density at radius 1 is 1.14 bits per heavy atom. The van der Waals surface area contributed by atoms with Crippen LogP contribution in [0.1, 0.15) is 10.4 Å². The molecule has 2 N–H and O–H groups in total. The Morgan fingerprint density at radius 2 is 1.90 bits per heavy atom. The van der Waals surface area contributed by atoms with E-state index in [1.165, 1.54) is 0 Å². The number of carbonyl (C=O) groups is 1. The van der Waals surface area contributed by atoms with Gasteiger partial charge in [-0.05, 0) is 40.2 Å². The highest BCUT2D eigenvalue weighted by molar-refractivity contribution is 9.10. The first-order valence-electron chi connectivity index (χ1n) is 6.26. The minimum absolute atomic E-state index is 0.213. The van der Waals surface area contributed by atoms with Crippen molar-refractivity contribution in [3.05, 3.63) is 64.9 Å². The molecule has 2 aromatic heterocycles. The van der Waals surface area contributed by atoms with E-state index < -0.39 is 0 Å². The third-order valence-electron chi connectivity index (χ3n) is 2.93. The minimum Gasteiger partial charge on any atom is -0.305 e. The van der Waals surface area contributed by atoms with Gasteiger partial charge in [0.2, 0.25) is 0 Å². The quantitative estimate of drug-likeness (QED) is 0.765. The number of aromatic amines is 1. The number of carbonyl (C=O) groups excluding carboxylic acids is 1. The summed E-state index contributed by atoms with van der Waals surface area (Å²) in [7, 11) is 0. The topological polar surface area (TPSA) is 70.7 Å². The maximum absolute atomic E-state index is 12.2. The Labute approximate surface area is 129 Å². The minimum atomic E-state index is -0.213. The van der Waals surface area contributed by atoms with Gasteiger partial charge in [0.1, 0.15) is 0 Å². The first-order chi connectivity index (χ1) is 10.2. The van der Waals surface area contributed by atoms with E-state index in [0.717, 1.165) is 15.7 Å². The van der Waals surface area contributed by atoms with Crippen LogP contribution in [-0.2, 0) is 0 Å². The molecule has 0 aliphatic carbocycles. The highest BCUT2D eigenvalue weighted by atomic mass is 79.9. The van der Waals surface area contributed by atoms with Crippen molar-refractivity contribution < 1.29 is 4.79 Å². The summed E-state index contributed by atoms with van der Waals surface area (Å²) >= 11 is 3.36. The largest absolute Gasteiger partial charge is 0.305 e. The predicted octanol–water partition coefficient (Wildman–Crippen LogP) is 3.49. The van der Waals surface area contributed by atoms with Gasteiger partial charge in [0.25, 0.3) is 5.91 Å². The highest BCUT2D eigenvalue weighted by Crippen LogP contribution is 2.20. The van der Waals surface area contributed by atoms with Gasteiger partial charge in [0, 0.05) is 28.5 Å². The average molecular weight is 343 g/mol. The molecule has 21 heavy (non-hydrogen) atoms. The summed E-state index contributed by atoms with van der Waals surface area (Å²) in [4.78, 5) is 16.1. The predicted molar refractivity (Wildman–Crippen MR) is 83.9 cm³/mol. The summed E-state index contributed by atoms with van der Waals surface area (Å²) in [6.07, 6.45) is 3.41. The Hall–Kier alpha value is -2.47. The van der Waals surface area contributed by atoms with Gasteiger partial charge in [-0.15, -0.1) is 0 Å². The van der Waals surface area contributed by atoms with Crippen molar-refractivity contribution in [1.29, 1.82) is 0 Å². The molecule has 0 bridgehead atoms. The zero-order valence-corrected chi connectivity index (χ0v) is 12.5. The van der Waals surface area contributed by atoms with Crippen LogP contribution in [0.2, 0.25) is 0 Å². The molecule has 3 rings (SSSR count). The molecule has 1 amide bonds. The molecule has 0 radical (unpaired) electrons. The molecule has 5 nitrogen and oxygen atoms in total. The molecule has 6 heteroatoms.